The van der Waals surface area contributed by atoms with Crippen LogP contribution in [0.4, 0.5) is 0 Å². The molecule has 1 aromatic rings. The monoisotopic (exact) mass is 210 g/mol. The Labute approximate surface area is 90.3 Å². The number of ether oxygens (including phenoxy) is 1. The van der Waals surface area contributed by atoms with E-state index in [2.05, 4.69) is 6.92 Å². The van der Waals surface area contributed by atoms with Gasteiger partial charge in [0.2, 0.25) is 0 Å². The van der Waals surface area contributed by atoms with E-state index >= 15 is 0 Å². The normalized spacial score (nSPS) is 12.7. The number of phenolic OH excluding ortho intramolecular Hbond substituents is 1. The average molecular weight is 210 g/mol. The molecule has 1 rings (SSSR count). The van der Waals surface area contributed by atoms with E-state index < -0.39 is 6.10 Å². The number of unbranched alkanes of at least 4 members (excludes halogenated alkanes) is 1. The van der Waals surface area contributed by atoms with Gasteiger partial charge < -0.3 is 14.9 Å². The molecule has 1 atom stereocenters. The molecule has 0 aliphatic heterocycles. The molecule has 0 radical (unpaired) electrons. The Morgan fingerprint density at radius 3 is 2.67 bits per heavy atom. The Morgan fingerprint density at radius 1 is 1.33 bits per heavy atom. The minimum atomic E-state index is -0.419. The van der Waals surface area contributed by atoms with E-state index in [-0.39, 0.29) is 12.4 Å². The van der Waals surface area contributed by atoms with E-state index in [9.17, 15) is 5.11 Å². The SMILES string of the molecule is CCCCOC(CO)c1ccccc1O. The molecule has 0 spiro atoms. The molecule has 0 heterocycles. The maximum Gasteiger partial charge on any atom is 0.121 e. The van der Waals surface area contributed by atoms with Crippen molar-refractivity contribution in [3.63, 3.8) is 0 Å². The summed E-state index contributed by atoms with van der Waals surface area (Å²) in [6, 6.07) is 6.93. The molecule has 0 saturated carbocycles. The average Bonchev–Trinajstić information content (AvgIpc) is 2.26. The summed E-state index contributed by atoms with van der Waals surface area (Å²) < 4.78 is 5.49. The van der Waals surface area contributed by atoms with E-state index in [4.69, 9.17) is 9.84 Å². The molecular weight excluding hydrogens is 192 g/mol. The maximum absolute atomic E-state index is 9.58. The van der Waals surface area contributed by atoms with Gasteiger partial charge in [-0.15, -0.1) is 0 Å². The summed E-state index contributed by atoms with van der Waals surface area (Å²) >= 11 is 0. The molecule has 1 aromatic carbocycles. The summed E-state index contributed by atoms with van der Waals surface area (Å²) in [4.78, 5) is 0. The lowest BCUT2D eigenvalue weighted by Crippen LogP contribution is -2.10. The molecule has 0 saturated heterocycles. The fourth-order valence-electron chi connectivity index (χ4n) is 1.37. The minimum absolute atomic E-state index is 0.110. The van der Waals surface area contributed by atoms with E-state index in [1.165, 1.54) is 0 Å². The van der Waals surface area contributed by atoms with Crippen molar-refractivity contribution in [1.82, 2.24) is 0 Å². The highest BCUT2D eigenvalue weighted by Crippen LogP contribution is 2.26. The molecule has 84 valence electrons. The third-order valence-corrected chi connectivity index (χ3v) is 2.27. The lowest BCUT2D eigenvalue weighted by Gasteiger charge is -2.16. The third-order valence-electron chi connectivity index (χ3n) is 2.27. The van der Waals surface area contributed by atoms with Gasteiger partial charge in [-0.3, -0.25) is 0 Å². The number of rotatable bonds is 6. The fraction of sp³-hybridized carbons (Fsp3) is 0.500. The number of para-hydroxylation sites is 1. The first-order chi connectivity index (χ1) is 7.29. The molecule has 0 aliphatic rings. The highest BCUT2D eigenvalue weighted by Gasteiger charge is 2.13. The number of hydrogen-bond donors (Lipinski definition) is 2. The molecular formula is C12H18O3. The zero-order valence-corrected chi connectivity index (χ0v) is 9.02. The van der Waals surface area contributed by atoms with Crippen molar-refractivity contribution in [3.8, 4) is 5.75 Å². The Hall–Kier alpha value is -1.06. The van der Waals surface area contributed by atoms with Crippen LogP contribution in [0.3, 0.4) is 0 Å². The molecule has 0 amide bonds. The predicted octanol–water partition coefficient (Wildman–Crippen LogP) is 2.24. The summed E-state index contributed by atoms with van der Waals surface area (Å²) in [7, 11) is 0. The predicted molar refractivity (Wildman–Crippen MR) is 58.8 cm³/mol. The van der Waals surface area contributed by atoms with Gasteiger partial charge in [0.1, 0.15) is 11.9 Å². The quantitative estimate of drug-likeness (QED) is 0.708. The first kappa shape index (κ1) is 12.0. The smallest absolute Gasteiger partial charge is 0.121 e. The topological polar surface area (TPSA) is 49.7 Å². The van der Waals surface area contributed by atoms with Crippen molar-refractivity contribution in [2.45, 2.75) is 25.9 Å². The largest absolute Gasteiger partial charge is 0.508 e. The van der Waals surface area contributed by atoms with Gasteiger partial charge >= 0.3 is 0 Å². The lowest BCUT2D eigenvalue weighted by atomic mass is 10.1. The van der Waals surface area contributed by atoms with Crippen molar-refractivity contribution in [1.29, 1.82) is 0 Å². The molecule has 3 nitrogen and oxygen atoms in total. The summed E-state index contributed by atoms with van der Waals surface area (Å²) in [6.07, 6.45) is 1.60. The van der Waals surface area contributed by atoms with Crippen molar-refractivity contribution >= 4 is 0 Å². The summed E-state index contributed by atoms with van der Waals surface area (Å²) in [5.41, 5.74) is 0.649. The van der Waals surface area contributed by atoms with Gasteiger partial charge in [0.05, 0.1) is 6.61 Å². The second kappa shape index (κ2) is 6.43. The van der Waals surface area contributed by atoms with Crippen LogP contribution in [-0.4, -0.2) is 23.4 Å². The van der Waals surface area contributed by atoms with Gasteiger partial charge in [0, 0.05) is 12.2 Å². The first-order valence-corrected chi connectivity index (χ1v) is 5.30. The van der Waals surface area contributed by atoms with Crippen molar-refractivity contribution < 1.29 is 14.9 Å². The second-order valence-electron chi connectivity index (χ2n) is 3.45. The molecule has 15 heavy (non-hydrogen) atoms. The number of aliphatic hydroxyl groups excluding tert-OH is 1. The van der Waals surface area contributed by atoms with Gasteiger partial charge in [-0.25, -0.2) is 0 Å². The zero-order chi connectivity index (χ0) is 11.1. The number of phenols is 1. The number of aromatic hydroxyl groups is 1. The van der Waals surface area contributed by atoms with Crippen LogP contribution in [0, 0.1) is 0 Å². The maximum atomic E-state index is 9.58. The lowest BCUT2D eigenvalue weighted by molar-refractivity contribution is 0.00913. The van der Waals surface area contributed by atoms with Crippen LogP contribution in [-0.2, 0) is 4.74 Å². The third kappa shape index (κ3) is 3.53. The highest BCUT2D eigenvalue weighted by atomic mass is 16.5. The second-order valence-corrected chi connectivity index (χ2v) is 3.45. The van der Waals surface area contributed by atoms with E-state index in [0.29, 0.717) is 12.2 Å². The van der Waals surface area contributed by atoms with Crippen LogP contribution in [0.5, 0.6) is 5.75 Å². The molecule has 0 bridgehead atoms. The molecule has 0 aromatic heterocycles. The van der Waals surface area contributed by atoms with Crippen LogP contribution < -0.4 is 0 Å². The Balaban J connectivity index is 2.61. The van der Waals surface area contributed by atoms with Crippen LogP contribution in [0.1, 0.15) is 31.4 Å². The molecule has 3 heteroatoms. The Morgan fingerprint density at radius 2 is 2.07 bits per heavy atom. The van der Waals surface area contributed by atoms with E-state index in [0.717, 1.165) is 12.8 Å². The van der Waals surface area contributed by atoms with Gasteiger partial charge in [-0.1, -0.05) is 31.5 Å². The standard InChI is InChI=1S/C12H18O3/c1-2-3-8-15-12(9-13)10-6-4-5-7-11(10)14/h4-7,12-14H,2-3,8-9H2,1H3. The zero-order valence-electron chi connectivity index (χ0n) is 9.02. The van der Waals surface area contributed by atoms with Gasteiger partial charge in [0.15, 0.2) is 0 Å². The van der Waals surface area contributed by atoms with E-state index in [1.807, 2.05) is 6.07 Å². The highest BCUT2D eigenvalue weighted by molar-refractivity contribution is 5.33. The number of benzene rings is 1. The Bertz CT molecular complexity index is 286. The first-order valence-electron chi connectivity index (χ1n) is 5.30. The Kier molecular flexibility index (Phi) is 5.15. The summed E-state index contributed by atoms with van der Waals surface area (Å²) in [5, 5.41) is 18.7. The molecule has 0 aliphatic carbocycles. The van der Waals surface area contributed by atoms with Crippen molar-refractivity contribution in [2.24, 2.45) is 0 Å². The van der Waals surface area contributed by atoms with Crippen molar-refractivity contribution in [2.75, 3.05) is 13.2 Å². The minimum Gasteiger partial charge on any atom is -0.508 e. The van der Waals surface area contributed by atoms with Crippen LogP contribution in [0.2, 0.25) is 0 Å². The van der Waals surface area contributed by atoms with Gasteiger partial charge in [-0.2, -0.15) is 0 Å². The summed E-state index contributed by atoms with van der Waals surface area (Å²) in [6.45, 7) is 2.58. The number of hydrogen-bond acceptors (Lipinski definition) is 3. The van der Waals surface area contributed by atoms with E-state index in [1.54, 1.807) is 18.2 Å². The molecule has 2 N–H and O–H groups in total. The molecule has 0 fully saturated rings. The summed E-state index contributed by atoms with van der Waals surface area (Å²) in [5.74, 6) is 0.174. The van der Waals surface area contributed by atoms with Crippen LogP contribution >= 0.6 is 0 Å². The van der Waals surface area contributed by atoms with Crippen LogP contribution in [0.15, 0.2) is 24.3 Å². The van der Waals surface area contributed by atoms with Gasteiger partial charge in [0.25, 0.3) is 0 Å². The fourth-order valence-corrected chi connectivity index (χ4v) is 1.37. The number of aliphatic hydroxyl groups is 1. The molecule has 1 unspecified atom stereocenters. The van der Waals surface area contributed by atoms with Crippen molar-refractivity contribution in [3.05, 3.63) is 29.8 Å². The van der Waals surface area contributed by atoms with Gasteiger partial charge in [-0.05, 0) is 12.5 Å². The van der Waals surface area contributed by atoms with Crippen LogP contribution in [0.25, 0.3) is 0 Å².